The third kappa shape index (κ3) is 5.50. The molecule has 2 unspecified atom stereocenters. The minimum Gasteiger partial charge on any atom is -0.330 e. The second kappa shape index (κ2) is 8.08. The molecule has 0 aromatic heterocycles. The normalized spacial score (nSPS) is 26.8. The Kier molecular flexibility index (Phi) is 6.98. The first-order chi connectivity index (χ1) is 7.34. The predicted molar refractivity (Wildman–Crippen MR) is 65.8 cm³/mol. The first-order valence-electron chi connectivity index (χ1n) is 6.53. The topological polar surface area (TPSA) is 64.1 Å². The van der Waals surface area contributed by atoms with Crippen molar-refractivity contribution in [1.82, 2.24) is 5.32 Å². The maximum absolute atomic E-state index is 6.06. The van der Waals surface area contributed by atoms with Crippen LogP contribution in [-0.2, 0) is 0 Å². The third-order valence-corrected chi connectivity index (χ3v) is 3.36. The van der Waals surface area contributed by atoms with Gasteiger partial charge in [0.25, 0.3) is 0 Å². The Hall–Kier alpha value is -0.120. The number of rotatable bonds is 7. The largest absolute Gasteiger partial charge is 0.330 e. The first kappa shape index (κ1) is 12.9. The van der Waals surface area contributed by atoms with Crippen molar-refractivity contribution in [3.63, 3.8) is 0 Å². The molecule has 3 heteroatoms. The third-order valence-electron chi connectivity index (χ3n) is 3.36. The highest BCUT2D eigenvalue weighted by atomic mass is 14.9. The Labute approximate surface area is 94.0 Å². The van der Waals surface area contributed by atoms with Crippen LogP contribution in [0.5, 0.6) is 0 Å². The molecule has 0 aromatic carbocycles. The molecule has 0 amide bonds. The van der Waals surface area contributed by atoms with Crippen molar-refractivity contribution in [3.05, 3.63) is 0 Å². The van der Waals surface area contributed by atoms with Gasteiger partial charge in [-0.3, -0.25) is 0 Å². The summed E-state index contributed by atoms with van der Waals surface area (Å²) in [5, 5.41) is 3.59. The zero-order valence-electron chi connectivity index (χ0n) is 9.88. The number of hydrogen-bond donors (Lipinski definition) is 3. The summed E-state index contributed by atoms with van der Waals surface area (Å²) in [6.45, 7) is 1.96. The SMILES string of the molecule is NCCCCCCNC1CCCCC1N. The van der Waals surface area contributed by atoms with Crippen molar-refractivity contribution in [2.45, 2.75) is 63.5 Å². The van der Waals surface area contributed by atoms with Crippen LogP contribution in [0.25, 0.3) is 0 Å². The van der Waals surface area contributed by atoms with E-state index in [9.17, 15) is 0 Å². The molecule has 0 saturated heterocycles. The smallest absolute Gasteiger partial charge is 0.0219 e. The molecule has 15 heavy (non-hydrogen) atoms. The molecule has 5 N–H and O–H groups in total. The lowest BCUT2D eigenvalue weighted by molar-refractivity contribution is 0.326. The van der Waals surface area contributed by atoms with Gasteiger partial charge in [0.1, 0.15) is 0 Å². The van der Waals surface area contributed by atoms with Crippen LogP contribution in [0.4, 0.5) is 0 Å². The van der Waals surface area contributed by atoms with Gasteiger partial charge in [-0.15, -0.1) is 0 Å². The van der Waals surface area contributed by atoms with Crippen LogP contribution in [-0.4, -0.2) is 25.2 Å². The van der Waals surface area contributed by atoms with E-state index in [0.717, 1.165) is 13.1 Å². The maximum Gasteiger partial charge on any atom is 0.0219 e. The molecule has 2 atom stereocenters. The fourth-order valence-corrected chi connectivity index (χ4v) is 2.32. The quantitative estimate of drug-likeness (QED) is 0.560. The molecule has 0 aromatic rings. The summed E-state index contributed by atoms with van der Waals surface area (Å²) in [6, 6.07) is 0.969. The molecule has 90 valence electrons. The second-order valence-corrected chi connectivity index (χ2v) is 4.71. The monoisotopic (exact) mass is 213 g/mol. The molecule has 3 nitrogen and oxygen atoms in total. The summed E-state index contributed by atoms with van der Waals surface area (Å²) in [4.78, 5) is 0. The van der Waals surface area contributed by atoms with E-state index in [2.05, 4.69) is 5.32 Å². The van der Waals surface area contributed by atoms with Gasteiger partial charge in [0.15, 0.2) is 0 Å². The van der Waals surface area contributed by atoms with Crippen LogP contribution in [0.1, 0.15) is 51.4 Å². The van der Waals surface area contributed by atoms with Gasteiger partial charge in [0, 0.05) is 12.1 Å². The van der Waals surface area contributed by atoms with E-state index in [1.54, 1.807) is 0 Å². The molecule has 0 spiro atoms. The summed E-state index contributed by atoms with van der Waals surface area (Å²) >= 11 is 0. The highest BCUT2D eigenvalue weighted by Gasteiger charge is 2.20. The standard InChI is InChI=1S/C12H27N3/c13-9-5-1-2-6-10-15-12-8-4-3-7-11(12)14/h11-12,15H,1-10,13-14H2. The molecule has 0 radical (unpaired) electrons. The van der Waals surface area contributed by atoms with E-state index >= 15 is 0 Å². The molecule has 1 fully saturated rings. The average Bonchev–Trinajstić information content (AvgIpc) is 2.25. The van der Waals surface area contributed by atoms with Crippen molar-refractivity contribution >= 4 is 0 Å². The lowest BCUT2D eigenvalue weighted by Gasteiger charge is -2.29. The minimum atomic E-state index is 0.391. The predicted octanol–water partition coefficient (Wildman–Crippen LogP) is 1.36. The van der Waals surface area contributed by atoms with Crippen LogP contribution in [0.15, 0.2) is 0 Å². The first-order valence-corrected chi connectivity index (χ1v) is 6.53. The molecule has 0 aliphatic heterocycles. The van der Waals surface area contributed by atoms with Crippen LogP contribution in [0.3, 0.4) is 0 Å². The van der Waals surface area contributed by atoms with Gasteiger partial charge in [0.05, 0.1) is 0 Å². The second-order valence-electron chi connectivity index (χ2n) is 4.71. The van der Waals surface area contributed by atoms with E-state index in [0.29, 0.717) is 12.1 Å². The van der Waals surface area contributed by atoms with Gasteiger partial charge in [0.2, 0.25) is 0 Å². The maximum atomic E-state index is 6.06. The summed E-state index contributed by atoms with van der Waals surface area (Å²) in [5.41, 5.74) is 11.5. The number of hydrogen-bond acceptors (Lipinski definition) is 3. The van der Waals surface area contributed by atoms with Gasteiger partial charge >= 0.3 is 0 Å². The Morgan fingerprint density at radius 3 is 2.47 bits per heavy atom. The zero-order valence-corrected chi connectivity index (χ0v) is 9.88. The van der Waals surface area contributed by atoms with Gasteiger partial charge < -0.3 is 16.8 Å². The molecular formula is C12H27N3. The van der Waals surface area contributed by atoms with Gasteiger partial charge in [-0.1, -0.05) is 25.7 Å². The van der Waals surface area contributed by atoms with Gasteiger partial charge in [-0.25, -0.2) is 0 Å². The number of unbranched alkanes of at least 4 members (excludes halogenated alkanes) is 3. The van der Waals surface area contributed by atoms with Gasteiger partial charge in [-0.2, -0.15) is 0 Å². The van der Waals surface area contributed by atoms with E-state index in [4.69, 9.17) is 11.5 Å². The van der Waals surface area contributed by atoms with Crippen molar-refractivity contribution in [2.75, 3.05) is 13.1 Å². The summed E-state index contributed by atoms with van der Waals surface area (Å²) < 4.78 is 0. The Balaban J connectivity index is 1.94. The lowest BCUT2D eigenvalue weighted by Crippen LogP contribution is -2.47. The van der Waals surface area contributed by atoms with Crippen LogP contribution in [0.2, 0.25) is 0 Å². The molecule has 1 aliphatic rings. The number of nitrogens with two attached hydrogens (primary N) is 2. The van der Waals surface area contributed by atoms with Crippen LogP contribution >= 0.6 is 0 Å². The molecule has 1 aliphatic carbocycles. The van der Waals surface area contributed by atoms with E-state index in [-0.39, 0.29) is 0 Å². The van der Waals surface area contributed by atoms with Crippen LogP contribution < -0.4 is 16.8 Å². The minimum absolute atomic E-state index is 0.391. The van der Waals surface area contributed by atoms with E-state index in [1.165, 1.54) is 51.4 Å². The van der Waals surface area contributed by atoms with Gasteiger partial charge in [-0.05, 0) is 38.8 Å². The van der Waals surface area contributed by atoms with E-state index in [1.807, 2.05) is 0 Å². The summed E-state index contributed by atoms with van der Waals surface area (Å²) in [6.07, 6.45) is 10.1. The van der Waals surface area contributed by atoms with Crippen LogP contribution in [0, 0.1) is 0 Å². The van der Waals surface area contributed by atoms with Crippen molar-refractivity contribution in [1.29, 1.82) is 0 Å². The fourth-order valence-electron chi connectivity index (χ4n) is 2.32. The Bertz CT molecular complexity index is 150. The van der Waals surface area contributed by atoms with Crippen molar-refractivity contribution in [3.8, 4) is 0 Å². The lowest BCUT2D eigenvalue weighted by atomic mass is 9.91. The van der Waals surface area contributed by atoms with Crippen molar-refractivity contribution in [2.24, 2.45) is 11.5 Å². The summed E-state index contributed by atoms with van der Waals surface area (Å²) in [7, 11) is 0. The Morgan fingerprint density at radius 1 is 1.00 bits per heavy atom. The van der Waals surface area contributed by atoms with Crippen molar-refractivity contribution < 1.29 is 0 Å². The zero-order chi connectivity index (χ0) is 10.9. The highest BCUT2D eigenvalue weighted by Crippen LogP contribution is 2.16. The molecule has 1 saturated carbocycles. The molecule has 1 rings (SSSR count). The molecular weight excluding hydrogens is 186 g/mol. The molecule has 0 bridgehead atoms. The highest BCUT2D eigenvalue weighted by molar-refractivity contribution is 4.83. The average molecular weight is 213 g/mol. The Morgan fingerprint density at radius 2 is 1.73 bits per heavy atom. The fraction of sp³-hybridized carbons (Fsp3) is 1.00. The number of nitrogens with one attached hydrogen (secondary N) is 1. The summed E-state index contributed by atoms with van der Waals surface area (Å²) in [5.74, 6) is 0. The van der Waals surface area contributed by atoms with E-state index < -0.39 is 0 Å². The molecule has 0 heterocycles.